The number of rotatable bonds is 7. The molecule has 138 valence electrons. The molecule has 1 unspecified atom stereocenters. The van der Waals surface area contributed by atoms with Crippen molar-refractivity contribution < 1.29 is 23.9 Å². The third-order valence-electron chi connectivity index (χ3n) is 3.85. The van der Waals surface area contributed by atoms with E-state index in [9.17, 15) is 14.4 Å². The van der Waals surface area contributed by atoms with E-state index in [1.807, 2.05) is 44.2 Å². The van der Waals surface area contributed by atoms with Gasteiger partial charge in [0.1, 0.15) is 6.04 Å². The van der Waals surface area contributed by atoms with Crippen LogP contribution in [0.1, 0.15) is 30.6 Å². The van der Waals surface area contributed by atoms with Crippen LogP contribution in [-0.4, -0.2) is 37.6 Å². The van der Waals surface area contributed by atoms with E-state index in [0.29, 0.717) is 12.0 Å². The van der Waals surface area contributed by atoms with Crippen LogP contribution in [-0.2, 0) is 19.1 Å². The normalized spacial score (nSPS) is 11.8. The summed E-state index contributed by atoms with van der Waals surface area (Å²) in [6.07, 6.45) is 0.442. The van der Waals surface area contributed by atoms with E-state index >= 15 is 0 Å². The van der Waals surface area contributed by atoms with Crippen LogP contribution in [0, 0.1) is 5.92 Å². The summed E-state index contributed by atoms with van der Waals surface area (Å²) in [5.74, 6) is -1.47. The first kappa shape index (κ1) is 19.4. The number of fused-ring (bicyclic) bond motifs is 1. The summed E-state index contributed by atoms with van der Waals surface area (Å²) >= 11 is 0. The lowest BCUT2D eigenvalue weighted by atomic mass is 10.0. The number of esters is 2. The van der Waals surface area contributed by atoms with Gasteiger partial charge in [-0.1, -0.05) is 44.2 Å². The van der Waals surface area contributed by atoms with E-state index in [0.717, 1.165) is 10.8 Å². The standard InChI is InChI=1S/C20H23NO5/c1-13(2)10-17(20(24)25-3)21-18(22)12-26-19(23)16-9-8-14-6-4-5-7-15(14)11-16/h4-9,11,13,17H,10,12H2,1-3H3,(H,21,22). The van der Waals surface area contributed by atoms with Gasteiger partial charge in [-0.05, 0) is 35.2 Å². The van der Waals surface area contributed by atoms with Gasteiger partial charge in [0.05, 0.1) is 12.7 Å². The fourth-order valence-electron chi connectivity index (χ4n) is 2.59. The maximum absolute atomic E-state index is 12.2. The first-order valence-corrected chi connectivity index (χ1v) is 8.44. The maximum Gasteiger partial charge on any atom is 0.338 e. The van der Waals surface area contributed by atoms with Crippen LogP contribution in [0.25, 0.3) is 10.8 Å². The summed E-state index contributed by atoms with van der Waals surface area (Å²) in [6.45, 7) is 3.40. The van der Waals surface area contributed by atoms with Crippen LogP contribution in [0.5, 0.6) is 0 Å². The number of hydrogen-bond acceptors (Lipinski definition) is 5. The third kappa shape index (κ3) is 5.31. The van der Waals surface area contributed by atoms with E-state index in [-0.39, 0.29) is 5.92 Å². The highest BCUT2D eigenvalue weighted by molar-refractivity contribution is 5.96. The van der Waals surface area contributed by atoms with E-state index < -0.39 is 30.5 Å². The number of benzene rings is 2. The van der Waals surface area contributed by atoms with Crippen molar-refractivity contribution in [3.63, 3.8) is 0 Å². The Hall–Kier alpha value is -2.89. The Morgan fingerprint density at radius 1 is 1.04 bits per heavy atom. The predicted molar refractivity (Wildman–Crippen MR) is 97.6 cm³/mol. The number of nitrogens with one attached hydrogen (secondary N) is 1. The zero-order valence-corrected chi connectivity index (χ0v) is 15.2. The molecular formula is C20H23NO5. The molecular weight excluding hydrogens is 334 g/mol. The minimum absolute atomic E-state index is 0.194. The fraction of sp³-hybridized carbons (Fsp3) is 0.350. The van der Waals surface area contributed by atoms with Gasteiger partial charge in [0.25, 0.3) is 5.91 Å². The van der Waals surface area contributed by atoms with Crippen molar-refractivity contribution >= 4 is 28.6 Å². The van der Waals surface area contributed by atoms with Crippen molar-refractivity contribution in [2.75, 3.05) is 13.7 Å². The van der Waals surface area contributed by atoms with E-state index in [2.05, 4.69) is 10.1 Å². The van der Waals surface area contributed by atoms with E-state index in [1.54, 1.807) is 12.1 Å². The molecule has 26 heavy (non-hydrogen) atoms. The zero-order chi connectivity index (χ0) is 19.1. The summed E-state index contributed by atoms with van der Waals surface area (Å²) in [4.78, 5) is 35.9. The van der Waals surface area contributed by atoms with Crippen molar-refractivity contribution in [2.24, 2.45) is 5.92 Å². The molecule has 6 nitrogen and oxygen atoms in total. The first-order chi connectivity index (χ1) is 12.4. The average Bonchev–Trinajstić information content (AvgIpc) is 2.64. The van der Waals surface area contributed by atoms with Crippen LogP contribution >= 0.6 is 0 Å². The Labute approximate surface area is 152 Å². The lowest BCUT2D eigenvalue weighted by Gasteiger charge is -2.18. The second-order valence-electron chi connectivity index (χ2n) is 6.41. The largest absolute Gasteiger partial charge is 0.467 e. The Morgan fingerprint density at radius 2 is 1.73 bits per heavy atom. The number of carbonyl (C=O) groups is 3. The van der Waals surface area contributed by atoms with Crippen LogP contribution in [0.4, 0.5) is 0 Å². The number of methoxy groups -OCH3 is 1. The van der Waals surface area contributed by atoms with Crippen LogP contribution in [0.2, 0.25) is 0 Å². The summed E-state index contributed by atoms with van der Waals surface area (Å²) in [7, 11) is 1.27. The Bertz CT molecular complexity index is 800. The molecule has 0 radical (unpaired) electrons. The highest BCUT2D eigenvalue weighted by Crippen LogP contribution is 2.16. The monoisotopic (exact) mass is 357 g/mol. The smallest absolute Gasteiger partial charge is 0.338 e. The molecule has 0 aliphatic carbocycles. The predicted octanol–water partition coefficient (Wildman–Crippen LogP) is 2.70. The van der Waals surface area contributed by atoms with Crippen molar-refractivity contribution in [1.82, 2.24) is 5.32 Å². The topological polar surface area (TPSA) is 81.7 Å². The van der Waals surface area contributed by atoms with Gasteiger partial charge < -0.3 is 14.8 Å². The van der Waals surface area contributed by atoms with Gasteiger partial charge in [0.2, 0.25) is 0 Å². The Kier molecular flexibility index (Phi) is 6.72. The SMILES string of the molecule is COC(=O)C(CC(C)C)NC(=O)COC(=O)c1ccc2ccccc2c1. The molecule has 0 aromatic heterocycles. The lowest BCUT2D eigenvalue weighted by Crippen LogP contribution is -2.44. The molecule has 1 N–H and O–H groups in total. The molecule has 0 saturated heterocycles. The molecule has 2 rings (SSSR count). The molecule has 0 fully saturated rings. The minimum atomic E-state index is -0.758. The molecule has 0 aliphatic heterocycles. The second-order valence-corrected chi connectivity index (χ2v) is 6.41. The number of carbonyl (C=O) groups excluding carboxylic acids is 3. The highest BCUT2D eigenvalue weighted by Gasteiger charge is 2.23. The number of amides is 1. The Balaban J connectivity index is 1.94. The fourth-order valence-corrected chi connectivity index (χ4v) is 2.59. The van der Waals surface area contributed by atoms with Crippen LogP contribution in [0.15, 0.2) is 42.5 Å². The molecule has 0 bridgehead atoms. The van der Waals surface area contributed by atoms with Gasteiger partial charge in [-0.3, -0.25) is 4.79 Å². The quantitative estimate of drug-likeness (QED) is 0.771. The molecule has 1 amide bonds. The zero-order valence-electron chi connectivity index (χ0n) is 15.2. The number of hydrogen-bond donors (Lipinski definition) is 1. The molecule has 0 aliphatic rings. The van der Waals surface area contributed by atoms with Crippen molar-refractivity contribution in [3.8, 4) is 0 Å². The molecule has 0 heterocycles. The summed E-state index contributed by atoms with van der Waals surface area (Å²) in [5, 5.41) is 4.47. The molecule has 6 heteroatoms. The van der Waals surface area contributed by atoms with Crippen LogP contribution in [0.3, 0.4) is 0 Å². The van der Waals surface area contributed by atoms with Gasteiger partial charge in [0.15, 0.2) is 6.61 Å². The number of ether oxygens (including phenoxy) is 2. The molecule has 1 atom stereocenters. The van der Waals surface area contributed by atoms with Gasteiger partial charge >= 0.3 is 11.9 Å². The van der Waals surface area contributed by atoms with Gasteiger partial charge in [-0.15, -0.1) is 0 Å². The van der Waals surface area contributed by atoms with E-state index in [4.69, 9.17) is 4.74 Å². The minimum Gasteiger partial charge on any atom is -0.467 e. The van der Waals surface area contributed by atoms with Crippen LogP contribution < -0.4 is 5.32 Å². The summed E-state index contributed by atoms with van der Waals surface area (Å²) in [5.41, 5.74) is 0.364. The molecule has 2 aromatic carbocycles. The average molecular weight is 357 g/mol. The van der Waals surface area contributed by atoms with Crippen molar-refractivity contribution in [2.45, 2.75) is 26.3 Å². The van der Waals surface area contributed by atoms with Crippen molar-refractivity contribution in [1.29, 1.82) is 0 Å². The first-order valence-electron chi connectivity index (χ1n) is 8.44. The van der Waals surface area contributed by atoms with E-state index in [1.165, 1.54) is 7.11 Å². The summed E-state index contributed by atoms with van der Waals surface area (Å²) < 4.78 is 9.74. The molecule has 0 spiro atoms. The maximum atomic E-state index is 12.2. The van der Waals surface area contributed by atoms with Gasteiger partial charge in [0, 0.05) is 0 Å². The second kappa shape index (κ2) is 8.99. The van der Waals surface area contributed by atoms with Crippen molar-refractivity contribution in [3.05, 3.63) is 48.0 Å². The highest BCUT2D eigenvalue weighted by atomic mass is 16.5. The van der Waals surface area contributed by atoms with Gasteiger partial charge in [-0.25, -0.2) is 9.59 Å². The lowest BCUT2D eigenvalue weighted by molar-refractivity contribution is -0.145. The summed E-state index contributed by atoms with van der Waals surface area (Å²) in [6, 6.07) is 12.1. The molecule has 2 aromatic rings. The third-order valence-corrected chi connectivity index (χ3v) is 3.85. The Morgan fingerprint density at radius 3 is 2.38 bits per heavy atom. The van der Waals surface area contributed by atoms with Gasteiger partial charge in [-0.2, -0.15) is 0 Å². The molecule has 0 saturated carbocycles.